The monoisotopic (exact) mass is 223 g/mol. The fourth-order valence-corrected chi connectivity index (χ4v) is 2.67. The van der Waals surface area contributed by atoms with Crippen molar-refractivity contribution in [2.45, 2.75) is 24.7 Å². The van der Waals surface area contributed by atoms with Gasteiger partial charge in [-0.2, -0.15) is 0 Å². The zero-order valence-corrected chi connectivity index (χ0v) is 9.26. The Morgan fingerprint density at radius 2 is 2.13 bits per heavy atom. The summed E-state index contributed by atoms with van der Waals surface area (Å²) in [4.78, 5) is 11.4. The van der Waals surface area contributed by atoms with Crippen LogP contribution in [0.3, 0.4) is 0 Å². The van der Waals surface area contributed by atoms with Crippen molar-refractivity contribution in [3.63, 3.8) is 0 Å². The summed E-state index contributed by atoms with van der Waals surface area (Å²) in [6.07, 6.45) is 1.99. The molecule has 2 rings (SSSR count). The maximum atomic E-state index is 11.4. The first-order valence-corrected chi connectivity index (χ1v) is 5.52. The molecule has 0 amide bonds. The fourth-order valence-electron chi connectivity index (χ4n) is 2.34. The third-order valence-electron chi connectivity index (χ3n) is 3.25. The van der Waals surface area contributed by atoms with Gasteiger partial charge in [-0.15, -0.1) is 0 Å². The molecule has 1 aliphatic carbocycles. The highest BCUT2D eigenvalue weighted by Gasteiger charge is 2.39. The van der Waals surface area contributed by atoms with Crippen LogP contribution in [0.5, 0.6) is 0 Å². The molecule has 0 heterocycles. The summed E-state index contributed by atoms with van der Waals surface area (Å²) < 4.78 is 0. The molecule has 1 aromatic carbocycles. The maximum Gasteiger partial charge on any atom is 0.133 e. The van der Waals surface area contributed by atoms with Crippen LogP contribution >= 0.6 is 11.6 Å². The number of benzene rings is 1. The Labute approximate surface area is 94.4 Å². The van der Waals surface area contributed by atoms with Crippen molar-refractivity contribution in [1.82, 2.24) is 0 Å². The van der Waals surface area contributed by atoms with Gasteiger partial charge in [0.05, 0.1) is 0 Å². The number of hydrogen-bond donors (Lipinski definition) is 1. The van der Waals surface area contributed by atoms with E-state index in [2.05, 4.69) is 0 Å². The van der Waals surface area contributed by atoms with E-state index in [1.54, 1.807) is 0 Å². The van der Waals surface area contributed by atoms with Gasteiger partial charge in [-0.05, 0) is 18.1 Å². The first-order chi connectivity index (χ1) is 7.18. The Morgan fingerprint density at radius 3 is 2.67 bits per heavy atom. The molecule has 1 fully saturated rings. The van der Waals surface area contributed by atoms with Crippen molar-refractivity contribution in [3.05, 3.63) is 34.9 Å². The van der Waals surface area contributed by atoms with Crippen LogP contribution < -0.4 is 5.73 Å². The minimum Gasteiger partial charge on any atom is -0.330 e. The molecular formula is C12H14ClNO. The van der Waals surface area contributed by atoms with Gasteiger partial charge in [0.15, 0.2) is 0 Å². The van der Waals surface area contributed by atoms with Gasteiger partial charge >= 0.3 is 0 Å². The Balaban J connectivity index is 2.43. The zero-order chi connectivity index (χ0) is 10.9. The summed E-state index contributed by atoms with van der Waals surface area (Å²) in [6.45, 7) is 0.489. The predicted octanol–water partition coefficient (Wildman–Crippen LogP) is 2.29. The van der Waals surface area contributed by atoms with Crippen LogP contribution in [0.15, 0.2) is 24.3 Å². The van der Waals surface area contributed by atoms with E-state index in [9.17, 15) is 4.79 Å². The Bertz CT molecular complexity index is 391. The molecule has 2 N–H and O–H groups in total. The molecule has 0 aromatic heterocycles. The van der Waals surface area contributed by atoms with Gasteiger partial charge < -0.3 is 5.73 Å². The van der Waals surface area contributed by atoms with E-state index in [1.165, 1.54) is 0 Å². The summed E-state index contributed by atoms with van der Waals surface area (Å²) in [5.74, 6) is 0.292. The van der Waals surface area contributed by atoms with Gasteiger partial charge in [0.25, 0.3) is 0 Å². The van der Waals surface area contributed by atoms with Gasteiger partial charge in [-0.1, -0.05) is 29.8 Å². The number of nitrogens with two attached hydrogens (primary N) is 1. The average molecular weight is 224 g/mol. The SMILES string of the molecule is NCC1(c2ccccc2Cl)CCC(=O)C1. The average Bonchev–Trinajstić information content (AvgIpc) is 2.62. The number of Topliss-reactive ketones (excluding diaryl/α,β-unsaturated/α-hetero) is 1. The molecule has 80 valence electrons. The van der Waals surface area contributed by atoms with E-state index in [0.29, 0.717) is 25.2 Å². The highest BCUT2D eigenvalue weighted by atomic mass is 35.5. The molecule has 1 atom stereocenters. The number of halogens is 1. The highest BCUT2D eigenvalue weighted by Crippen LogP contribution is 2.41. The molecule has 15 heavy (non-hydrogen) atoms. The van der Waals surface area contributed by atoms with Crippen LogP contribution in [0.2, 0.25) is 5.02 Å². The van der Waals surface area contributed by atoms with E-state index < -0.39 is 0 Å². The molecule has 2 nitrogen and oxygen atoms in total. The molecular weight excluding hydrogens is 210 g/mol. The smallest absolute Gasteiger partial charge is 0.133 e. The standard InChI is InChI=1S/C12H14ClNO/c13-11-4-2-1-3-10(11)12(8-14)6-5-9(15)7-12/h1-4H,5-8,14H2. The molecule has 3 heteroatoms. The van der Waals surface area contributed by atoms with Crippen LogP contribution in [0.1, 0.15) is 24.8 Å². The van der Waals surface area contributed by atoms with Gasteiger partial charge in [0.1, 0.15) is 5.78 Å². The molecule has 0 aliphatic heterocycles. The first kappa shape index (κ1) is 10.7. The van der Waals surface area contributed by atoms with E-state index in [4.69, 9.17) is 17.3 Å². The lowest BCUT2D eigenvalue weighted by Gasteiger charge is -2.27. The van der Waals surface area contributed by atoms with Crippen molar-refractivity contribution >= 4 is 17.4 Å². The van der Waals surface area contributed by atoms with Crippen molar-refractivity contribution in [1.29, 1.82) is 0 Å². The van der Waals surface area contributed by atoms with E-state index in [1.807, 2.05) is 24.3 Å². The van der Waals surface area contributed by atoms with Crippen LogP contribution in [0, 0.1) is 0 Å². The molecule has 1 aliphatic rings. The number of carbonyl (C=O) groups is 1. The first-order valence-electron chi connectivity index (χ1n) is 5.15. The summed E-state index contributed by atoms with van der Waals surface area (Å²) in [5, 5.41) is 0.720. The Morgan fingerprint density at radius 1 is 1.40 bits per heavy atom. The number of rotatable bonds is 2. The second-order valence-electron chi connectivity index (χ2n) is 4.18. The van der Waals surface area contributed by atoms with Crippen molar-refractivity contribution in [3.8, 4) is 0 Å². The third kappa shape index (κ3) is 1.80. The van der Waals surface area contributed by atoms with Crippen LogP contribution in [-0.2, 0) is 10.2 Å². The van der Waals surface area contributed by atoms with Crippen molar-refractivity contribution < 1.29 is 4.79 Å². The fraction of sp³-hybridized carbons (Fsp3) is 0.417. The summed E-state index contributed by atoms with van der Waals surface area (Å²) in [5.41, 5.74) is 6.64. The summed E-state index contributed by atoms with van der Waals surface area (Å²) >= 11 is 6.15. The lowest BCUT2D eigenvalue weighted by Crippen LogP contribution is -2.32. The van der Waals surface area contributed by atoms with Crippen LogP contribution in [0.25, 0.3) is 0 Å². The molecule has 0 saturated heterocycles. The molecule has 0 bridgehead atoms. The van der Waals surface area contributed by atoms with Crippen molar-refractivity contribution in [2.24, 2.45) is 5.73 Å². The maximum absolute atomic E-state index is 11.4. The normalized spacial score (nSPS) is 25.9. The van der Waals surface area contributed by atoms with Gasteiger partial charge in [-0.25, -0.2) is 0 Å². The van der Waals surface area contributed by atoms with Crippen LogP contribution in [-0.4, -0.2) is 12.3 Å². The third-order valence-corrected chi connectivity index (χ3v) is 3.58. The molecule has 1 aromatic rings. The molecule has 0 spiro atoms. The molecule has 1 unspecified atom stereocenters. The topological polar surface area (TPSA) is 43.1 Å². The lowest BCUT2D eigenvalue weighted by atomic mass is 9.79. The molecule has 1 saturated carbocycles. The van der Waals surface area contributed by atoms with E-state index in [-0.39, 0.29) is 5.41 Å². The predicted molar refractivity (Wildman–Crippen MR) is 61.0 cm³/mol. The number of carbonyl (C=O) groups excluding carboxylic acids is 1. The Hall–Kier alpha value is -0.860. The Kier molecular flexibility index (Phi) is 2.81. The van der Waals surface area contributed by atoms with Gasteiger partial charge in [-0.3, -0.25) is 4.79 Å². The molecule has 0 radical (unpaired) electrons. The second kappa shape index (κ2) is 3.95. The summed E-state index contributed by atoms with van der Waals surface area (Å²) in [6, 6.07) is 7.68. The minimum absolute atomic E-state index is 0.213. The minimum atomic E-state index is -0.213. The quantitative estimate of drug-likeness (QED) is 0.836. The van der Waals surface area contributed by atoms with Crippen LogP contribution in [0.4, 0.5) is 0 Å². The highest BCUT2D eigenvalue weighted by molar-refractivity contribution is 6.31. The van der Waals surface area contributed by atoms with E-state index in [0.717, 1.165) is 17.0 Å². The summed E-state index contributed by atoms with van der Waals surface area (Å²) in [7, 11) is 0. The number of ketones is 1. The van der Waals surface area contributed by atoms with E-state index >= 15 is 0 Å². The van der Waals surface area contributed by atoms with Gasteiger partial charge in [0, 0.05) is 29.8 Å². The lowest BCUT2D eigenvalue weighted by molar-refractivity contribution is -0.117. The second-order valence-corrected chi connectivity index (χ2v) is 4.59. The zero-order valence-electron chi connectivity index (χ0n) is 8.50. The van der Waals surface area contributed by atoms with Gasteiger partial charge in [0.2, 0.25) is 0 Å². The van der Waals surface area contributed by atoms with Crippen molar-refractivity contribution in [2.75, 3.05) is 6.54 Å². The largest absolute Gasteiger partial charge is 0.330 e. The number of hydrogen-bond acceptors (Lipinski definition) is 2.